The zero-order chi connectivity index (χ0) is 16.7. The Kier molecular flexibility index (Phi) is 3.50. The van der Waals surface area contributed by atoms with Crippen LogP contribution in [0.15, 0.2) is 41.7 Å². The van der Waals surface area contributed by atoms with Crippen LogP contribution in [-0.2, 0) is 23.0 Å². The maximum atomic E-state index is 12.2. The van der Waals surface area contributed by atoms with E-state index < -0.39 is 10.0 Å². The van der Waals surface area contributed by atoms with Gasteiger partial charge in [-0.05, 0) is 36.7 Å². The molecule has 7 nitrogen and oxygen atoms in total. The lowest BCUT2D eigenvalue weighted by Crippen LogP contribution is -2.33. The number of H-pyrrole nitrogens is 1. The molecule has 3 heterocycles. The highest BCUT2D eigenvalue weighted by Gasteiger charge is 2.25. The molecule has 0 atom stereocenters. The third-order valence-electron chi connectivity index (χ3n) is 4.41. The van der Waals surface area contributed by atoms with Crippen molar-refractivity contribution in [3.63, 3.8) is 0 Å². The van der Waals surface area contributed by atoms with E-state index in [0.29, 0.717) is 24.4 Å². The summed E-state index contributed by atoms with van der Waals surface area (Å²) in [6, 6.07) is 7.39. The van der Waals surface area contributed by atoms with Crippen LogP contribution in [0, 0.1) is 0 Å². The molecule has 0 aliphatic carbocycles. The van der Waals surface area contributed by atoms with E-state index in [0.717, 1.165) is 28.0 Å². The molecular weight excluding hydrogens is 326 g/mol. The number of hydrogen-bond donors (Lipinski definition) is 2. The smallest absolute Gasteiger partial charge is 0.240 e. The molecule has 4 rings (SSSR count). The highest BCUT2D eigenvalue weighted by molar-refractivity contribution is 7.89. The molecule has 24 heavy (non-hydrogen) atoms. The van der Waals surface area contributed by atoms with Crippen molar-refractivity contribution in [3.8, 4) is 0 Å². The topological polar surface area (TPSA) is 91.0 Å². The van der Waals surface area contributed by atoms with E-state index >= 15 is 0 Å². The van der Waals surface area contributed by atoms with Gasteiger partial charge >= 0.3 is 0 Å². The van der Waals surface area contributed by atoms with Gasteiger partial charge in [0.15, 0.2) is 0 Å². The number of aromatic nitrogens is 3. The minimum atomic E-state index is -3.45. The first kappa shape index (κ1) is 15.1. The number of sulfonamides is 1. The maximum absolute atomic E-state index is 12.2. The second-order valence-electron chi connectivity index (χ2n) is 5.71. The normalized spacial score (nSPS) is 14.8. The summed E-state index contributed by atoms with van der Waals surface area (Å²) < 4.78 is 26.8. The first-order chi connectivity index (χ1) is 11.6. The molecule has 8 heteroatoms. The van der Waals surface area contributed by atoms with Crippen LogP contribution in [-0.4, -0.2) is 37.0 Å². The van der Waals surface area contributed by atoms with E-state index in [1.807, 2.05) is 18.3 Å². The Hall–Kier alpha value is -2.45. The van der Waals surface area contributed by atoms with E-state index in [1.165, 1.54) is 7.05 Å². The van der Waals surface area contributed by atoms with Crippen LogP contribution in [0.4, 0.5) is 5.82 Å². The van der Waals surface area contributed by atoms with Crippen molar-refractivity contribution in [2.75, 3.05) is 18.5 Å². The summed E-state index contributed by atoms with van der Waals surface area (Å²) in [6.45, 7) is 1.33. The van der Waals surface area contributed by atoms with E-state index in [2.05, 4.69) is 24.6 Å². The van der Waals surface area contributed by atoms with Gasteiger partial charge < -0.3 is 9.88 Å². The average Bonchev–Trinajstić information content (AvgIpc) is 3.09. The third kappa shape index (κ3) is 2.35. The lowest BCUT2D eigenvalue weighted by molar-refractivity contribution is 0.585. The van der Waals surface area contributed by atoms with Gasteiger partial charge in [0.05, 0.1) is 10.3 Å². The number of nitrogens with one attached hydrogen (secondary N) is 2. The fourth-order valence-electron chi connectivity index (χ4n) is 3.23. The predicted molar refractivity (Wildman–Crippen MR) is 91.3 cm³/mol. The molecule has 0 unspecified atom stereocenters. The number of rotatable bonds is 3. The van der Waals surface area contributed by atoms with Crippen LogP contribution in [0.25, 0.3) is 11.0 Å². The number of anilines is 1. The van der Waals surface area contributed by atoms with Crippen molar-refractivity contribution in [2.24, 2.45) is 0 Å². The first-order valence-corrected chi connectivity index (χ1v) is 9.16. The van der Waals surface area contributed by atoms with Gasteiger partial charge in [-0.1, -0.05) is 12.1 Å². The number of nitrogens with zero attached hydrogens (tertiary/aromatic N) is 3. The van der Waals surface area contributed by atoms with Gasteiger partial charge in [-0.2, -0.15) is 0 Å². The van der Waals surface area contributed by atoms with Crippen molar-refractivity contribution in [2.45, 2.75) is 17.9 Å². The van der Waals surface area contributed by atoms with Crippen LogP contribution >= 0.6 is 0 Å². The second-order valence-corrected chi connectivity index (χ2v) is 7.57. The number of aromatic amines is 1. The lowest BCUT2D eigenvalue weighted by atomic mass is 9.99. The van der Waals surface area contributed by atoms with Crippen molar-refractivity contribution in [1.82, 2.24) is 19.7 Å². The minimum absolute atomic E-state index is 0.372. The Balaban J connectivity index is 1.75. The van der Waals surface area contributed by atoms with Crippen LogP contribution in [0.2, 0.25) is 0 Å². The summed E-state index contributed by atoms with van der Waals surface area (Å²) in [4.78, 5) is 14.3. The summed E-state index contributed by atoms with van der Waals surface area (Å²) in [6.07, 6.45) is 4.05. The van der Waals surface area contributed by atoms with E-state index in [1.54, 1.807) is 18.5 Å². The molecule has 2 aromatic heterocycles. The Bertz CT molecular complexity index is 1010. The molecule has 0 amide bonds. The molecule has 0 saturated carbocycles. The summed E-state index contributed by atoms with van der Waals surface area (Å²) in [5.41, 5.74) is 2.71. The molecule has 0 saturated heterocycles. The number of benzene rings is 1. The molecule has 1 aromatic carbocycles. The molecule has 124 valence electrons. The fraction of sp³-hybridized carbons (Fsp3) is 0.250. The van der Waals surface area contributed by atoms with Gasteiger partial charge in [0.25, 0.3) is 0 Å². The van der Waals surface area contributed by atoms with Gasteiger partial charge in [0.2, 0.25) is 10.0 Å². The van der Waals surface area contributed by atoms with Crippen LogP contribution in [0.5, 0.6) is 0 Å². The molecule has 1 aliphatic rings. The SMILES string of the molecule is CNS(=O)(=O)c1cccc2c1CCN(c1ncnc3[nH]ccc13)C2. The second kappa shape index (κ2) is 5.57. The largest absolute Gasteiger partial charge is 0.351 e. The molecule has 1 aliphatic heterocycles. The molecule has 2 N–H and O–H groups in total. The molecule has 0 radical (unpaired) electrons. The quantitative estimate of drug-likeness (QED) is 0.751. The van der Waals surface area contributed by atoms with Gasteiger partial charge in [-0.15, -0.1) is 0 Å². The molecule has 0 spiro atoms. The highest BCUT2D eigenvalue weighted by atomic mass is 32.2. The van der Waals surface area contributed by atoms with E-state index in [9.17, 15) is 8.42 Å². The van der Waals surface area contributed by atoms with Gasteiger partial charge in [0, 0.05) is 19.3 Å². The average molecular weight is 343 g/mol. The third-order valence-corrected chi connectivity index (χ3v) is 5.91. The monoisotopic (exact) mass is 343 g/mol. The summed E-state index contributed by atoms with van der Waals surface area (Å²) in [5.74, 6) is 0.869. The lowest BCUT2D eigenvalue weighted by Gasteiger charge is -2.31. The van der Waals surface area contributed by atoms with E-state index in [4.69, 9.17) is 0 Å². The van der Waals surface area contributed by atoms with Crippen molar-refractivity contribution >= 4 is 26.9 Å². The Morgan fingerprint density at radius 1 is 1.25 bits per heavy atom. The Labute approximate surface area is 139 Å². The zero-order valence-corrected chi connectivity index (χ0v) is 14.0. The Morgan fingerprint density at radius 3 is 2.96 bits per heavy atom. The van der Waals surface area contributed by atoms with Crippen molar-refractivity contribution in [3.05, 3.63) is 47.9 Å². The van der Waals surface area contributed by atoms with Crippen molar-refractivity contribution in [1.29, 1.82) is 0 Å². The summed E-state index contributed by atoms with van der Waals surface area (Å²) in [7, 11) is -2.01. The molecule has 0 bridgehead atoms. The Morgan fingerprint density at radius 2 is 2.12 bits per heavy atom. The standard InChI is InChI=1S/C16H17N5O2S/c1-17-24(22,23)14-4-2-3-11-9-21(8-6-12(11)14)16-13-5-7-18-15(13)19-10-20-16/h2-5,7,10,17H,6,8-9H2,1H3,(H,18,19,20). The molecule has 0 fully saturated rings. The summed E-state index contributed by atoms with van der Waals surface area (Å²) in [5, 5.41) is 0.972. The molecule has 3 aromatic rings. The first-order valence-electron chi connectivity index (χ1n) is 7.67. The molecular formula is C16H17N5O2S. The van der Waals surface area contributed by atoms with E-state index in [-0.39, 0.29) is 0 Å². The van der Waals surface area contributed by atoms with Crippen LogP contribution in [0.3, 0.4) is 0 Å². The van der Waals surface area contributed by atoms with Gasteiger partial charge in [-0.25, -0.2) is 23.1 Å². The minimum Gasteiger partial charge on any atom is -0.351 e. The van der Waals surface area contributed by atoms with Crippen LogP contribution in [0.1, 0.15) is 11.1 Å². The van der Waals surface area contributed by atoms with Gasteiger partial charge in [-0.3, -0.25) is 0 Å². The maximum Gasteiger partial charge on any atom is 0.240 e. The summed E-state index contributed by atoms with van der Waals surface area (Å²) >= 11 is 0. The zero-order valence-electron chi connectivity index (χ0n) is 13.2. The van der Waals surface area contributed by atoms with Crippen LogP contribution < -0.4 is 9.62 Å². The fourth-order valence-corrected chi connectivity index (χ4v) is 4.26. The number of fused-ring (bicyclic) bond motifs is 2. The van der Waals surface area contributed by atoms with Gasteiger partial charge in [0.1, 0.15) is 17.8 Å². The van der Waals surface area contributed by atoms with Crippen molar-refractivity contribution < 1.29 is 8.42 Å². The number of hydrogen-bond acceptors (Lipinski definition) is 5. The highest BCUT2D eigenvalue weighted by Crippen LogP contribution is 2.30. The predicted octanol–water partition coefficient (Wildman–Crippen LogP) is 1.43.